The summed E-state index contributed by atoms with van der Waals surface area (Å²) in [6, 6.07) is 8.88. The third kappa shape index (κ3) is 6.99. The van der Waals surface area contributed by atoms with Gasteiger partial charge >= 0.3 is 0 Å². The summed E-state index contributed by atoms with van der Waals surface area (Å²) in [6.07, 6.45) is 1.34. The molecule has 2 aromatic rings. The van der Waals surface area contributed by atoms with Crippen molar-refractivity contribution in [1.82, 2.24) is 10.2 Å². The highest BCUT2D eigenvalue weighted by Gasteiger charge is 2.31. The molecule has 7 nitrogen and oxygen atoms in total. The summed E-state index contributed by atoms with van der Waals surface area (Å²) in [5, 5.41) is 3.56. The second-order valence-electron chi connectivity index (χ2n) is 7.51. The second-order valence-corrected chi connectivity index (χ2v) is 10.7. The molecule has 1 unspecified atom stereocenters. The van der Waals surface area contributed by atoms with Gasteiger partial charge in [0, 0.05) is 18.6 Å². The van der Waals surface area contributed by atoms with Gasteiger partial charge in [-0.3, -0.25) is 13.9 Å². The number of carbonyl (C=O) groups is 2. The van der Waals surface area contributed by atoms with E-state index in [0.29, 0.717) is 38.3 Å². The number of hydrogen-bond donors (Lipinski definition) is 1. The van der Waals surface area contributed by atoms with Crippen LogP contribution in [0.25, 0.3) is 0 Å². The summed E-state index contributed by atoms with van der Waals surface area (Å²) in [5.74, 6) is -0.919. The van der Waals surface area contributed by atoms with Crippen molar-refractivity contribution in [1.29, 1.82) is 0 Å². The van der Waals surface area contributed by atoms with E-state index in [0.717, 1.165) is 10.6 Å². The maximum atomic E-state index is 13.5. The zero-order valence-corrected chi connectivity index (χ0v) is 21.8. The minimum atomic E-state index is -3.84. The number of nitrogens with one attached hydrogen (secondary N) is 1. The van der Waals surface area contributed by atoms with E-state index in [1.807, 2.05) is 0 Å². The normalized spacial score (nSPS) is 12.2. The van der Waals surface area contributed by atoms with Gasteiger partial charge in [0.05, 0.1) is 22.0 Å². The lowest BCUT2D eigenvalue weighted by molar-refractivity contribution is -0.140. The van der Waals surface area contributed by atoms with Gasteiger partial charge in [0.2, 0.25) is 21.8 Å². The predicted molar refractivity (Wildman–Crippen MR) is 134 cm³/mol. The molecule has 0 fully saturated rings. The molecule has 0 saturated heterocycles. The van der Waals surface area contributed by atoms with Gasteiger partial charge in [0.25, 0.3) is 0 Å². The van der Waals surface area contributed by atoms with Crippen LogP contribution >= 0.6 is 34.8 Å². The fraction of sp³-hybridized carbons (Fsp3) is 0.364. The molecule has 0 aliphatic carbocycles. The smallest absolute Gasteiger partial charge is 0.244 e. The summed E-state index contributed by atoms with van der Waals surface area (Å²) in [4.78, 5) is 27.4. The number of nitrogens with zero attached hydrogens (tertiary/aromatic N) is 2. The van der Waals surface area contributed by atoms with E-state index in [9.17, 15) is 18.0 Å². The van der Waals surface area contributed by atoms with E-state index in [1.165, 1.54) is 18.0 Å². The third-order valence-electron chi connectivity index (χ3n) is 5.09. The van der Waals surface area contributed by atoms with Crippen molar-refractivity contribution >= 4 is 62.3 Å². The Labute approximate surface area is 209 Å². The highest BCUT2D eigenvalue weighted by molar-refractivity contribution is 7.92. The van der Waals surface area contributed by atoms with Gasteiger partial charge < -0.3 is 10.2 Å². The first-order valence-electron chi connectivity index (χ1n) is 10.1. The highest BCUT2D eigenvalue weighted by Crippen LogP contribution is 2.27. The van der Waals surface area contributed by atoms with Gasteiger partial charge in [-0.2, -0.15) is 0 Å². The molecule has 0 bridgehead atoms. The molecule has 11 heteroatoms. The SMILES string of the molecule is CCC(C(=O)NC)N(Cc1ccc(Cl)c(Cl)c1)C(=O)CN(c1cc(Cl)ccc1C)S(C)(=O)=O. The second kappa shape index (κ2) is 11.4. The molecule has 0 aliphatic heterocycles. The standard InChI is InChI=1S/C22H26Cl3N3O4S/c1-5-19(22(30)26-3)27(12-15-7-9-17(24)18(25)10-15)21(29)13-28(33(4,31)32)20-11-16(23)8-6-14(20)2/h6-11,19H,5,12-13H2,1-4H3,(H,26,30). The summed E-state index contributed by atoms with van der Waals surface area (Å²) in [5.41, 5.74) is 1.57. The largest absolute Gasteiger partial charge is 0.357 e. The lowest BCUT2D eigenvalue weighted by atomic mass is 10.1. The van der Waals surface area contributed by atoms with Crippen LogP contribution in [0.15, 0.2) is 36.4 Å². The molecule has 0 saturated carbocycles. The van der Waals surface area contributed by atoms with Crippen LogP contribution in [0.2, 0.25) is 15.1 Å². The average molecular weight is 535 g/mol. The van der Waals surface area contributed by atoms with E-state index in [-0.39, 0.29) is 12.5 Å². The Balaban J connectivity index is 2.49. The van der Waals surface area contributed by atoms with Gasteiger partial charge in [-0.05, 0) is 48.7 Å². The van der Waals surface area contributed by atoms with E-state index in [2.05, 4.69) is 5.32 Å². The van der Waals surface area contributed by atoms with Gasteiger partial charge in [-0.25, -0.2) is 8.42 Å². The van der Waals surface area contributed by atoms with Crippen molar-refractivity contribution in [3.05, 3.63) is 62.6 Å². The number of sulfonamides is 1. The molecule has 1 atom stereocenters. The zero-order chi connectivity index (χ0) is 24.9. The Kier molecular flexibility index (Phi) is 9.43. The van der Waals surface area contributed by atoms with Crippen molar-refractivity contribution in [2.45, 2.75) is 32.9 Å². The number of amides is 2. The Hall–Kier alpha value is -2.00. The number of rotatable bonds is 9. The van der Waals surface area contributed by atoms with Crippen LogP contribution in [0.1, 0.15) is 24.5 Å². The van der Waals surface area contributed by atoms with Crippen molar-refractivity contribution < 1.29 is 18.0 Å². The lowest BCUT2D eigenvalue weighted by Crippen LogP contribution is -2.51. The number of benzene rings is 2. The van der Waals surface area contributed by atoms with Crippen molar-refractivity contribution in [3.63, 3.8) is 0 Å². The van der Waals surface area contributed by atoms with Crippen molar-refractivity contribution in [3.8, 4) is 0 Å². The molecule has 2 rings (SSSR count). The molecular formula is C22H26Cl3N3O4S. The minimum Gasteiger partial charge on any atom is -0.357 e. The Morgan fingerprint density at radius 3 is 2.27 bits per heavy atom. The first-order valence-corrected chi connectivity index (χ1v) is 13.1. The summed E-state index contributed by atoms with van der Waals surface area (Å²) in [7, 11) is -2.36. The molecule has 0 heterocycles. The van der Waals surface area contributed by atoms with E-state index in [4.69, 9.17) is 34.8 Å². The number of likely N-dealkylation sites (N-methyl/N-ethyl adjacent to an activating group) is 1. The van der Waals surface area contributed by atoms with E-state index >= 15 is 0 Å². The predicted octanol–water partition coefficient (Wildman–Crippen LogP) is 4.27. The Morgan fingerprint density at radius 1 is 1.06 bits per heavy atom. The van der Waals surface area contributed by atoms with Crippen molar-refractivity contribution in [2.75, 3.05) is 24.2 Å². The Morgan fingerprint density at radius 2 is 1.73 bits per heavy atom. The fourth-order valence-electron chi connectivity index (χ4n) is 3.37. The monoisotopic (exact) mass is 533 g/mol. The lowest BCUT2D eigenvalue weighted by Gasteiger charge is -2.33. The van der Waals surface area contributed by atoms with Gasteiger partial charge in [0.1, 0.15) is 12.6 Å². The molecule has 0 spiro atoms. The number of halogens is 3. The number of anilines is 1. The first kappa shape index (κ1) is 27.2. The van der Waals surface area contributed by atoms with Gasteiger partial charge in [0.15, 0.2) is 0 Å². The molecule has 33 heavy (non-hydrogen) atoms. The zero-order valence-electron chi connectivity index (χ0n) is 18.7. The maximum absolute atomic E-state index is 13.5. The van der Waals surface area contributed by atoms with Crippen LogP contribution in [0.3, 0.4) is 0 Å². The third-order valence-corrected chi connectivity index (χ3v) is 7.19. The first-order chi connectivity index (χ1) is 15.4. The van der Waals surface area contributed by atoms with Crippen LogP contribution < -0.4 is 9.62 Å². The summed E-state index contributed by atoms with van der Waals surface area (Å²) in [6.45, 7) is 3.02. The number of aryl methyl sites for hydroxylation is 1. The quantitative estimate of drug-likeness (QED) is 0.520. The highest BCUT2D eigenvalue weighted by atomic mass is 35.5. The van der Waals surface area contributed by atoms with Crippen LogP contribution in [0.4, 0.5) is 5.69 Å². The van der Waals surface area contributed by atoms with Gasteiger partial charge in [-0.15, -0.1) is 0 Å². The molecule has 0 aliphatic rings. The van der Waals surface area contributed by atoms with Crippen LogP contribution in [0.5, 0.6) is 0 Å². The number of carbonyl (C=O) groups excluding carboxylic acids is 2. The molecule has 0 radical (unpaired) electrons. The molecule has 1 N–H and O–H groups in total. The molecular weight excluding hydrogens is 509 g/mol. The minimum absolute atomic E-state index is 0.0355. The topological polar surface area (TPSA) is 86.8 Å². The summed E-state index contributed by atoms with van der Waals surface area (Å²) >= 11 is 18.2. The van der Waals surface area contributed by atoms with Crippen LogP contribution in [-0.4, -0.2) is 51.0 Å². The maximum Gasteiger partial charge on any atom is 0.244 e. The average Bonchev–Trinajstić information content (AvgIpc) is 2.75. The molecule has 0 aromatic heterocycles. The summed E-state index contributed by atoms with van der Waals surface area (Å²) < 4.78 is 26.2. The van der Waals surface area contributed by atoms with Crippen molar-refractivity contribution in [2.24, 2.45) is 0 Å². The van der Waals surface area contributed by atoms with E-state index in [1.54, 1.807) is 44.2 Å². The van der Waals surface area contributed by atoms with Crippen LogP contribution in [-0.2, 0) is 26.2 Å². The molecule has 2 aromatic carbocycles. The van der Waals surface area contributed by atoms with Crippen LogP contribution in [0, 0.1) is 6.92 Å². The molecule has 180 valence electrons. The van der Waals surface area contributed by atoms with E-state index < -0.39 is 28.5 Å². The molecule has 2 amide bonds. The fourth-order valence-corrected chi connectivity index (χ4v) is 4.75. The number of hydrogen-bond acceptors (Lipinski definition) is 4. The Bertz CT molecular complexity index is 1140. The van der Waals surface area contributed by atoms with Gasteiger partial charge in [-0.1, -0.05) is 53.9 Å².